The summed E-state index contributed by atoms with van der Waals surface area (Å²) in [5, 5.41) is 5.74. The quantitative estimate of drug-likeness (QED) is 0.879. The highest BCUT2D eigenvalue weighted by atomic mass is 35.5. The van der Waals surface area contributed by atoms with Gasteiger partial charge in [-0.15, -0.1) is 0 Å². The maximum Gasteiger partial charge on any atom is 0.226 e. The highest BCUT2D eigenvalue weighted by Crippen LogP contribution is 2.22. The van der Waals surface area contributed by atoms with Crippen LogP contribution >= 0.6 is 11.6 Å². The molecule has 1 aromatic rings. The van der Waals surface area contributed by atoms with Crippen molar-refractivity contribution in [1.29, 1.82) is 0 Å². The summed E-state index contributed by atoms with van der Waals surface area (Å²) in [7, 11) is 0. The van der Waals surface area contributed by atoms with Crippen LogP contribution in [0.3, 0.4) is 0 Å². The van der Waals surface area contributed by atoms with Crippen LogP contribution < -0.4 is 10.6 Å². The van der Waals surface area contributed by atoms with Gasteiger partial charge >= 0.3 is 0 Å². The van der Waals surface area contributed by atoms with E-state index < -0.39 is 5.82 Å². The molecule has 1 heterocycles. The van der Waals surface area contributed by atoms with Crippen molar-refractivity contribution >= 4 is 23.2 Å². The molecule has 0 bridgehead atoms. The van der Waals surface area contributed by atoms with Crippen molar-refractivity contribution in [3.05, 3.63) is 29.0 Å². The highest BCUT2D eigenvalue weighted by Gasteiger charge is 2.14. The highest BCUT2D eigenvalue weighted by molar-refractivity contribution is 6.31. The lowest BCUT2D eigenvalue weighted by Crippen LogP contribution is -2.33. The fourth-order valence-electron chi connectivity index (χ4n) is 2.09. The predicted molar refractivity (Wildman–Crippen MR) is 76.5 cm³/mol. The van der Waals surface area contributed by atoms with E-state index in [1.807, 2.05) is 0 Å². The molecule has 0 spiro atoms. The minimum atomic E-state index is -0.609. The summed E-state index contributed by atoms with van der Waals surface area (Å²) >= 11 is 5.65. The summed E-state index contributed by atoms with van der Waals surface area (Å²) in [4.78, 5) is 11.7. The fraction of sp³-hybridized carbons (Fsp3) is 0.500. The Hall–Kier alpha value is -1.17. The topological polar surface area (TPSA) is 50.4 Å². The molecule has 1 saturated heterocycles. The summed E-state index contributed by atoms with van der Waals surface area (Å²) in [5.74, 6) is -0.887. The first-order chi connectivity index (χ1) is 9.66. The third-order valence-electron chi connectivity index (χ3n) is 3.19. The maximum absolute atomic E-state index is 13.6. The molecule has 1 fully saturated rings. The first kappa shape index (κ1) is 15.2. The maximum atomic E-state index is 13.6. The van der Waals surface area contributed by atoms with E-state index in [9.17, 15) is 9.18 Å². The molecule has 20 heavy (non-hydrogen) atoms. The van der Waals surface area contributed by atoms with Crippen LogP contribution in [0.5, 0.6) is 0 Å². The lowest BCUT2D eigenvalue weighted by molar-refractivity contribution is -0.117. The smallest absolute Gasteiger partial charge is 0.226 e. The number of hydrogen-bond donors (Lipinski definition) is 2. The number of hydrogen-bond acceptors (Lipinski definition) is 3. The van der Waals surface area contributed by atoms with Crippen LogP contribution in [0.4, 0.5) is 10.1 Å². The molecule has 0 saturated carbocycles. The van der Waals surface area contributed by atoms with Crippen molar-refractivity contribution in [2.75, 3.05) is 25.0 Å². The number of carbonyl (C=O) groups is 1. The second-order valence-corrected chi connectivity index (χ2v) is 5.13. The molecular formula is C14H18ClFN2O2. The van der Waals surface area contributed by atoms with Crippen LogP contribution in [0.25, 0.3) is 0 Å². The normalized spacial score (nSPS) is 16.1. The van der Waals surface area contributed by atoms with Gasteiger partial charge in [-0.25, -0.2) is 4.39 Å². The standard InChI is InChI=1S/C14H18ClFN2O2/c15-11-2-1-3-12(14(11)16)18-13(19)6-9-20-10-4-7-17-8-5-10/h1-3,10,17H,4-9H2,(H,18,19). The Bertz CT molecular complexity index is 464. The number of carbonyl (C=O) groups excluding carboxylic acids is 1. The predicted octanol–water partition coefficient (Wildman–Crippen LogP) is 2.58. The van der Waals surface area contributed by atoms with Crippen molar-refractivity contribution in [2.45, 2.75) is 25.4 Å². The molecule has 2 N–H and O–H groups in total. The van der Waals surface area contributed by atoms with Gasteiger partial charge in [0.15, 0.2) is 5.82 Å². The molecule has 1 aromatic carbocycles. The van der Waals surface area contributed by atoms with Crippen molar-refractivity contribution in [1.82, 2.24) is 5.32 Å². The van der Waals surface area contributed by atoms with Crippen molar-refractivity contribution in [2.24, 2.45) is 0 Å². The summed E-state index contributed by atoms with van der Waals surface area (Å²) < 4.78 is 19.2. The molecular weight excluding hydrogens is 283 g/mol. The molecule has 110 valence electrons. The SMILES string of the molecule is O=C(CCOC1CCNCC1)Nc1cccc(Cl)c1F. The van der Waals surface area contributed by atoms with Crippen molar-refractivity contribution in [3.8, 4) is 0 Å². The molecule has 0 unspecified atom stereocenters. The van der Waals surface area contributed by atoms with Crippen molar-refractivity contribution in [3.63, 3.8) is 0 Å². The minimum absolute atomic E-state index is 0.00578. The summed E-state index contributed by atoms with van der Waals surface area (Å²) in [6, 6.07) is 4.51. The van der Waals surface area contributed by atoms with Crippen LogP contribution in [0.2, 0.25) is 5.02 Å². The number of rotatable bonds is 5. The van der Waals surface area contributed by atoms with Gasteiger partial charge < -0.3 is 15.4 Å². The third kappa shape index (κ3) is 4.44. The summed E-state index contributed by atoms with van der Waals surface area (Å²) in [6.45, 7) is 2.24. The summed E-state index contributed by atoms with van der Waals surface area (Å²) in [6.07, 6.45) is 2.34. The molecule has 4 nitrogen and oxygen atoms in total. The number of nitrogens with one attached hydrogen (secondary N) is 2. The number of anilines is 1. The Balaban J connectivity index is 1.73. The van der Waals surface area contributed by atoms with E-state index >= 15 is 0 Å². The average Bonchev–Trinajstić information content (AvgIpc) is 2.45. The van der Waals surface area contributed by atoms with E-state index in [-0.39, 0.29) is 29.1 Å². The van der Waals surface area contributed by atoms with Gasteiger partial charge in [0.1, 0.15) is 0 Å². The van der Waals surface area contributed by atoms with Gasteiger partial charge in [-0.1, -0.05) is 17.7 Å². The Morgan fingerprint density at radius 2 is 2.20 bits per heavy atom. The van der Waals surface area contributed by atoms with Crippen LogP contribution in [-0.4, -0.2) is 31.7 Å². The first-order valence-electron chi connectivity index (χ1n) is 6.73. The Morgan fingerprint density at radius 3 is 2.95 bits per heavy atom. The number of amides is 1. The fourth-order valence-corrected chi connectivity index (χ4v) is 2.27. The van der Waals surface area contributed by atoms with E-state index in [0.717, 1.165) is 25.9 Å². The number of piperidine rings is 1. The monoisotopic (exact) mass is 300 g/mol. The number of ether oxygens (including phenoxy) is 1. The van der Waals surface area contributed by atoms with Crippen molar-refractivity contribution < 1.29 is 13.9 Å². The van der Waals surface area contributed by atoms with Crippen LogP contribution in [0.1, 0.15) is 19.3 Å². The molecule has 0 aromatic heterocycles. The molecule has 0 atom stereocenters. The van der Waals surface area contributed by atoms with Gasteiger partial charge in [0.25, 0.3) is 0 Å². The van der Waals surface area contributed by atoms with Gasteiger partial charge in [-0.3, -0.25) is 4.79 Å². The molecule has 1 amide bonds. The zero-order chi connectivity index (χ0) is 14.4. The Kier molecular flexibility index (Phi) is 5.76. The zero-order valence-corrected chi connectivity index (χ0v) is 11.9. The van der Waals surface area contributed by atoms with Crippen LogP contribution in [0.15, 0.2) is 18.2 Å². The van der Waals surface area contributed by atoms with E-state index in [1.165, 1.54) is 12.1 Å². The zero-order valence-electron chi connectivity index (χ0n) is 11.1. The number of benzene rings is 1. The molecule has 2 rings (SSSR count). The van der Waals surface area contributed by atoms with Gasteiger partial charge in [0.05, 0.1) is 29.8 Å². The van der Waals surface area contributed by atoms with E-state index in [2.05, 4.69) is 10.6 Å². The van der Waals surface area contributed by atoms with Gasteiger partial charge in [-0.2, -0.15) is 0 Å². The van der Waals surface area contributed by atoms with Crippen LogP contribution in [0, 0.1) is 5.82 Å². The molecule has 1 aliphatic rings. The van der Waals surface area contributed by atoms with Gasteiger partial charge in [0.2, 0.25) is 5.91 Å². The Labute approximate surface area is 122 Å². The van der Waals surface area contributed by atoms with E-state index in [1.54, 1.807) is 6.07 Å². The largest absolute Gasteiger partial charge is 0.378 e. The second kappa shape index (κ2) is 7.57. The lowest BCUT2D eigenvalue weighted by Gasteiger charge is -2.22. The lowest BCUT2D eigenvalue weighted by atomic mass is 10.1. The third-order valence-corrected chi connectivity index (χ3v) is 3.49. The molecule has 0 radical (unpaired) electrons. The molecule has 1 aliphatic heterocycles. The minimum Gasteiger partial charge on any atom is -0.378 e. The van der Waals surface area contributed by atoms with E-state index in [4.69, 9.17) is 16.3 Å². The van der Waals surface area contributed by atoms with E-state index in [0.29, 0.717) is 6.61 Å². The second-order valence-electron chi connectivity index (χ2n) is 4.72. The summed E-state index contributed by atoms with van der Waals surface area (Å²) in [5.41, 5.74) is 0.101. The number of halogens is 2. The Morgan fingerprint density at radius 1 is 1.45 bits per heavy atom. The van der Waals surface area contributed by atoms with Gasteiger partial charge in [0, 0.05) is 0 Å². The van der Waals surface area contributed by atoms with Gasteiger partial charge in [-0.05, 0) is 38.1 Å². The molecule has 6 heteroatoms. The van der Waals surface area contributed by atoms with Crippen LogP contribution in [-0.2, 0) is 9.53 Å². The molecule has 0 aliphatic carbocycles. The first-order valence-corrected chi connectivity index (χ1v) is 7.11. The average molecular weight is 301 g/mol.